The first kappa shape index (κ1) is 13.6. The normalized spacial score (nSPS) is 10.5. The van der Waals surface area contributed by atoms with E-state index in [4.69, 9.17) is 4.74 Å². The molecule has 1 N–H and O–H groups in total. The number of aryl methyl sites for hydroxylation is 2. The molecule has 0 saturated heterocycles. The second-order valence-corrected chi connectivity index (χ2v) is 4.68. The van der Waals surface area contributed by atoms with Crippen LogP contribution in [-0.4, -0.2) is 7.05 Å². The van der Waals surface area contributed by atoms with Gasteiger partial charge < -0.3 is 10.1 Å². The van der Waals surface area contributed by atoms with Crippen LogP contribution in [0.25, 0.3) is 0 Å². The first-order valence-electron chi connectivity index (χ1n) is 6.28. The van der Waals surface area contributed by atoms with Gasteiger partial charge >= 0.3 is 0 Å². The van der Waals surface area contributed by atoms with Gasteiger partial charge in [-0.3, -0.25) is 0 Å². The summed E-state index contributed by atoms with van der Waals surface area (Å²) in [5.74, 6) is 0.604. The van der Waals surface area contributed by atoms with Crippen LogP contribution in [0.5, 0.6) is 11.5 Å². The number of ether oxygens (including phenoxy) is 1. The van der Waals surface area contributed by atoms with Crippen LogP contribution in [0, 0.1) is 19.7 Å². The molecule has 0 saturated carbocycles. The lowest BCUT2D eigenvalue weighted by atomic mass is 10.1. The van der Waals surface area contributed by atoms with Crippen molar-refractivity contribution in [1.82, 2.24) is 5.32 Å². The number of rotatable bonds is 4. The Hall–Kier alpha value is -1.87. The van der Waals surface area contributed by atoms with Crippen molar-refractivity contribution in [2.24, 2.45) is 0 Å². The fourth-order valence-corrected chi connectivity index (χ4v) is 1.94. The summed E-state index contributed by atoms with van der Waals surface area (Å²) < 4.78 is 19.4. The van der Waals surface area contributed by atoms with Crippen molar-refractivity contribution in [3.8, 4) is 11.5 Å². The third-order valence-electron chi connectivity index (χ3n) is 2.89. The van der Waals surface area contributed by atoms with Crippen molar-refractivity contribution in [3.05, 3.63) is 58.9 Å². The van der Waals surface area contributed by atoms with E-state index in [9.17, 15) is 4.39 Å². The largest absolute Gasteiger partial charge is 0.454 e. The average molecular weight is 259 g/mol. The van der Waals surface area contributed by atoms with Gasteiger partial charge in [0.1, 0.15) is 5.75 Å². The highest BCUT2D eigenvalue weighted by Gasteiger charge is 2.09. The molecular formula is C16H18FNO. The van der Waals surface area contributed by atoms with E-state index in [1.807, 2.05) is 39.1 Å². The van der Waals surface area contributed by atoms with Crippen molar-refractivity contribution in [1.29, 1.82) is 0 Å². The van der Waals surface area contributed by atoms with Crippen molar-refractivity contribution >= 4 is 0 Å². The third-order valence-corrected chi connectivity index (χ3v) is 2.89. The van der Waals surface area contributed by atoms with E-state index in [1.165, 1.54) is 6.07 Å². The molecule has 0 aliphatic carbocycles. The van der Waals surface area contributed by atoms with Gasteiger partial charge in [0, 0.05) is 12.1 Å². The molecule has 0 fully saturated rings. The molecule has 0 bridgehead atoms. The number of benzene rings is 2. The minimum absolute atomic E-state index is 0.265. The highest BCUT2D eigenvalue weighted by Crippen LogP contribution is 2.28. The van der Waals surface area contributed by atoms with Gasteiger partial charge in [0.2, 0.25) is 0 Å². The van der Waals surface area contributed by atoms with E-state index in [-0.39, 0.29) is 11.6 Å². The second kappa shape index (κ2) is 5.85. The van der Waals surface area contributed by atoms with Crippen molar-refractivity contribution in [2.75, 3.05) is 7.05 Å². The summed E-state index contributed by atoms with van der Waals surface area (Å²) in [6.45, 7) is 4.62. The summed E-state index contributed by atoms with van der Waals surface area (Å²) in [7, 11) is 1.87. The molecule has 0 atom stereocenters. The molecule has 0 aliphatic rings. The topological polar surface area (TPSA) is 21.3 Å². The molecule has 0 aromatic heterocycles. The van der Waals surface area contributed by atoms with Crippen LogP contribution in [0.3, 0.4) is 0 Å². The lowest BCUT2D eigenvalue weighted by Crippen LogP contribution is -2.06. The van der Waals surface area contributed by atoms with Gasteiger partial charge in [-0.05, 0) is 44.7 Å². The molecule has 0 heterocycles. The lowest BCUT2D eigenvalue weighted by Gasteiger charge is -2.13. The fourth-order valence-electron chi connectivity index (χ4n) is 1.94. The Morgan fingerprint density at radius 1 is 1.00 bits per heavy atom. The van der Waals surface area contributed by atoms with Gasteiger partial charge in [-0.25, -0.2) is 4.39 Å². The predicted molar refractivity (Wildman–Crippen MR) is 75.2 cm³/mol. The van der Waals surface area contributed by atoms with Crippen LogP contribution in [0.15, 0.2) is 36.4 Å². The molecule has 19 heavy (non-hydrogen) atoms. The number of hydrogen-bond donors (Lipinski definition) is 1. The Morgan fingerprint density at radius 3 is 2.42 bits per heavy atom. The van der Waals surface area contributed by atoms with Gasteiger partial charge in [-0.15, -0.1) is 0 Å². The van der Waals surface area contributed by atoms with Crippen molar-refractivity contribution < 1.29 is 9.13 Å². The quantitative estimate of drug-likeness (QED) is 0.897. The van der Waals surface area contributed by atoms with Crippen LogP contribution in [0.2, 0.25) is 0 Å². The van der Waals surface area contributed by atoms with E-state index >= 15 is 0 Å². The van der Waals surface area contributed by atoms with Crippen LogP contribution in [0.1, 0.15) is 16.7 Å². The fraction of sp³-hybridized carbons (Fsp3) is 0.250. The van der Waals surface area contributed by atoms with Gasteiger partial charge in [-0.1, -0.05) is 23.8 Å². The number of nitrogens with one attached hydrogen (secondary N) is 1. The smallest absolute Gasteiger partial charge is 0.165 e. The Labute approximate surface area is 113 Å². The molecule has 2 rings (SSSR count). The molecule has 2 aromatic rings. The second-order valence-electron chi connectivity index (χ2n) is 4.68. The number of hydrogen-bond acceptors (Lipinski definition) is 2. The Kier molecular flexibility index (Phi) is 4.17. The van der Waals surface area contributed by atoms with Gasteiger partial charge in [0.05, 0.1) is 0 Å². The lowest BCUT2D eigenvalue weighted by molar-refractivity contribution is 0.436. The Morgan fingerprint density at radius 2 is 1.68 bits per heavy atom. The van der Waals surface area contributed by atoms with Crippen molar-refractivity contribution in [3.63, 3.8) is 0 Å². The first-order chi connectivity index (χ1) is 9.10. The Bertz CT molecular complexity index is 581. The molecule has 2 aromatic carbocycles. The maximum absolute atomic E-state index is 13.7. The van der Waals surface area contributed by atoms with E-state index in [0.29, 0.717) is 12.3 Å². The maximum Gasteiger partial charge on any atom is 0.165 e. The monoisotopic (exact) mass is 259 g/mol. The van der Waals surface area contributed by atoms with Crippen LogP contribution in [0.4, 0.5) is 4.39 Å². The zero-order valence-electron chi connectivity index (χ0n) is 11.5. The molecule has 100 valence electrons. The predicted octanol–water partition coefficient (Wildman–Crippen LogP) is 3.95. The van der Waals surface area contributed by atoms with E-state index in [1.54, 1.807) is 12.1 Å². The molecule has 0 unspecified atom stereocenters. The molecule has 3 heteroatoms. The molecule has 0 amide bonds. The van der Waals surface area contributed by atoms with Crippen LogP contribution in [-0.2, 0) is 6.54 Å². The van der Waals surface area contributed by atoms with Crippen molar-refractivity contribution in [2.45, 2.75) is 20.4 Å². The molecular weight excluding hydrogens is 241 g/mol. The highest BCUT2D eigenvalue weighted by atomic mass is 19.1. The summed E-state index contributed by atoms with van der Waals surface area (Å²) in [6, 6.07) is 10.7. The Balaban J connectivity index is 2.34. The zero-order valence-corrected chi connectivity index (χ0v) is 11.5. The summed E-state index contributed by atoms with van der Waals surface area (Å²) in [4.78, 5) is 0. The highest BCUT2D eigenvalue weighted by molar-refractivity contribution is 5.41. The van der Waals surface area contributed by atoms with E-state index in [2.05, 4.69) is 5.32 Å². The average Bonchev–Trinajstić information content (AvgIpc) is 2.37. The summed E-state index contributed by atoms with van der Waals surface area (Å²) >= 11 is 0. The van der Waals surface area contributed by atoms with Gasteiger partial charge in [0.15, 0.2) is 11.6 Å². The standard InChI is InChI=1S/C16H18FNO/c1-11-5-7-15(13(8-11)10-18-3)19-16-9-12(2)4-6-14(16)17/h4-9,18H,10H2,1-3H3. The molecule has 0 aliphatic heterocycles. The van der Waals surface area contributed by atoms with Crippen LogP contribution < -0.4 is 10.1 Å². The van der Waals surface area contributed by atoms with Gasteiger partial charge in [-0.2, -0.15) is 0 Å². The SMILES string of the molecule is CNCc1cc(C)ccc1Oc1cc(C)ccc1F. The first-order valence-corrected chi connectivity index (χ1v) is 6.28. The molecule has 2 nitrogen and oxygen atoms in total. The zero-order chi connectivity index (χ0) is 13.8. The summed E-state index contributed by atoms with van der Waals surface area (Å²) in [6.07, 6.45) is 0. The minimum Gasteiger partial charge on any atom is -0.454 e. The van der Waals surface area contributed by atoms with E-state index < -0.39 is 0 Å². The molecule has 0 spiro atoms. The summed E-state index contributed by atoms with van der Waals surface area (Å²) in [5.41, 5.74) is 3.14. The van der Waals surface area contributed by atoms with Gasteiger partial charge in [0.25, 0.3) is 0 Å². The van der Waals surface area contributed by atoms with Crippen LogP contribution >= 0.6 is 0 Å². The minimum atomic E-state index is -0.346. The maximum atomic E-state index is 13.7. The van der Waals surface area contributed by atoms with E-state index in [0.717, 1.165) is 16.7 Å². The third kappa shape index (κ3) is 3.32. The number of halogens is 1. The molecule has 0 radical (unpaired) electrons. The summed E-state index contributed by atoms with van der Waals surface area (Å²) in [5, 5.41) is 3.09.